The summed E-state index contributed by atoms with van der Waals surface area (Å²) in [4.78, 5) is 21.1. The Bertz CT molecular complexity index is 401. The van der Waals surface area contributed by atoms with Crippen molar-refractivity contribution in [2.24, 2.45) is 0 Å². The monoisotopic (exact) mass is 254 g/mol. The highest BCUT2D eigenvalue weighted by Gasteiger charge is 2.09. The van der Waals surface area contributed by atoms with Crippen LogP contribution in [0.3, 0.4) is 0 Å². The lowest BCUT2D eigenvalue weighted by molar-refractivity contribution is -0.149. The van der Waals surface area contributed by atoms with Crippen LogP contribution in [0.5, 0.6) is 0 Å². The van der Waals surface area contributed by atoms with Gasteiger partial charge in [0, 0.05) is 11.4 Å². The largest absolute Gasteiger partial charge is 0.476 e. The Balaban J connectivity index is 2.16. The van der Waals surface area contributed by atoms with Crippen LogP contribution in [-0.2, 0) is 16.0 Å². The van der Waals surface area contributed by atoms with Crippen LogP contribution in [0.2, 0.25) is 5.02 Å². The fraction of sp³-hybridized carbons (Fsp3) is 0.385. The topological polar surface area (TPSA) is 54.4 Å². The maximum absolute atomic E-state index is 10.8. The molecule has 4 heteroatoms. The zero-order valence-electron chi connectivity index (χ0n) is 9.49. The zero-order valence-corrected chi connectivity index (χ0v) is 10.2. The second-order valence-electron chi connectivity index (χ2n) is 3.92. The Morgan fingerprint density at radius 1 is 1.18 bits per heavy atom. The summed E-state index contributed by atoms with van der Waals surface area (Å²) in [5, 5.41) is 9.11. The molecule has 0 saturated carbocycles. The number of Topliss-reactive ketones (excluding diaryl/α,β-unsaturated/α-hetero) is 1. The third kappa shape index (κ3) is 5.50. The van der Waals surface area contributed by atoms with E-state index in [4.69, 9.17) is 16.7 Å². The van der Waals surface area contributed by atoms with Crippen LogP contribution < -0.4 is 0 Å². The predicted molar refractivity (Wildman–Crippen MR) is 66.3 cm³/mol. The van der Waals surface area contributed by atoms with E-state index in [-0.39, 0.29) is 6.42 Å². The summed E-state index contributed by atoms with van der Waals surface area (Å²) in [6.07, 6.45) is 3.46. The number of hydrogen-bond acceptors (Lipinski definition) is 2. The van der Waals surface area contributed by atoms with Crippen molar-refractivity contribution in [3.8, 4) is 0 Å². The minimum atomic E-state index is -1.33. The van der Waals surface area contributed by atoms with Gasteiger partial charge in [0.1, 0.15) is 0 Å². The molecule has 1 rings (SSSR count). The lowest BCUT2D eigenvalue weighted by Crippen LogP contribution is -2.11. The lowest BCUT2D eigenvalue weighted by Gasteiger charge is -2.01. The molecule has 0 bridgehead atoms. The van der Waals surface area contributed by atoms with E-state index in [1.807, 2.05) is 24.3 Å². The molecule has 1 aromatic carbocycles. The minimum Gasteiger partial charge on any atom is -0.476 e. The average Bonchev–Trinajstić information content (AvgIpc) is 2.28. The summed E-state index contributed by atoms with van der Waals surface area (Å²) < 4.78 is 0. The second kappa shape index (κ2) is 7.07. The summed E-state index contributed by atoms with van der Waals surface area (Å²) in [7, 11) is 0. The zero-order chi connectivity index (χ0) is 12.7. The minimum absolute atomic E-state index is 0.130. The fourth-order valence-electron chi connectivity index (χ4n) is 1.59. The molecule has 0 heterocycles. The maximum Gasteiger partial charge on any atom is 0.372 e. The third-order valence-corrected chi connectivity index (χ3v) is 2.73. The summed E-state index contributed by atoms with van der Waals surface area (Å²) >= 11 is 5.85. The lowest BCUT2D eigenvalue weighted by atomic mass is 10.1. The molecule has 0 aromatic heterocycles. The van der Waals surface area contributed by atoms with Crippen molar-refractivity contribution < 1.29 is 14.7 Å². The molecule has 0 unspecified atom stereocenters. The first kappa shape index (κ1) is 13.7. The number of carboxylic acid groups (broad SMARTS) is 1. The molecule has 0 aliphatic heterocycles. The molecule has 0 aliphatic rings. The molecule has 1 N–H and O–H groups in total. The molecule has 0 atom stereocenters. The van der Waals surface area contributed by atoms with Gasteiger partial charge in [0.25, 0.3) is 0 Å². The van der Waals surface area contributed by atoms with Crippen molar-refractivity contribution in [3.63, 3.8) is 0 Å². The summed E-state index contributed by atoms with van der Waals surface area (Å²) in [5.74, 6) is -2.03. The molecule has 17 heavy (non-hydrogen) atoms. The second-order valence-corrected chi connectivity index (χ2v) is 4.36. The number of aryl methyl sites for hydroxylation is 1. The van der Waals surface area contributed by atoms with Gasteiger partial charge in [-0.2, -0.15) is 0 Å². The van der Waals surface area contributed by atoms with Gasteiger partial charge in [0.05, 0.1) is 0 Å². The van der Waals surface area contributed by atoms with Crippen molar-refractivity contribution in [2.75, 3.05) is 0 Å². The van der Waals surface area contributed by atoms with Gasteiger partial charge < -0.3 is 5.11 Å². The van der Waals surface area contributed by atoms with Crippen molar-refractivity contribution in [2.45, 2.75) is 32.1 Å². The molecule has 0 spiro atoms. The van der Waals surface area contributed by atoms with Gasteiger partial charge in [-0.1, -0.05) is 30.2 Å². The van der Waals surface area contributed by atoms with Crippen molar-refractivity contribution >= 4 is 23.4 Å². The number of rotatable bonds is 7. The number of carbonyl (C=O) groups is 2. The summed E-state index contributed by atoms with van der Waals surface area (Å²) in [6, 6.07) is 7.67. The van der Waals surface area contributed by atoms with Crippen molar-refractivity contribution in [1.29, 1.82) is 0 Å². The molecule has 0 aliphatic carbocycles. The number of ketones is 1. The van der Waals surface area contributed by atoms with Crippen LogP contribution in [-0.4, -0.2) is 16.9 Å². The molecule has 0 fully saturated rings. The van der Waals surface area contributed by atoms with Gasteiger partial charge in [-0.15, -0.1) is 0 Å². The van der Waals surface area contributed by atoms with Gasteiger partial charge in [0.2, 0.25) is 5.78 Å². The van der Waals surface area contributed by atoms with Crippen LogP contribution in [0.25, 0.3) is 0 Å². The molecular weight excluding hydrogens is 240 g/mol. The number of aliphatic carboxylic acids is 1. The fourth-order valence-corrected chi connectivity index (χ4v) is 1.80. The van der Waals surface area contributed by atoms with E-state index in [1.54, 1.807) is 0 Å². The van der Waals surface area contributed by atoms with Gasteiger partial charge in [-0.25, -0.2) is 4.79 Å². The van der Waals surface area contributed by atoms with Gasteiger partial charge >= 0.3 is 5.97 Å². The number of benzene rings is 1. The highest BCUT2D eigenvalue weighted by atomic mass is 35.5. The van der Waals surface area contributed by atoms with Gasteiger partial charge in [-0.3, -0.25) is 4.79 Å². The predicted octanol–water partition coefficient (Wildman–Crippen LogP) is 3.10. The van der Waals surface area contributed by atoms with Crippen molar-refractivity contribution in [3.05, 3.63) is 34.9 Å². The van der Waals surface area contributed by atoms with Crippen molar-refractivity contribution in [1.82, 2.24) is 0 Å². The van der Waals surface area contributed by atoms with Gasteiger partial charge in [0.15, 0.2) is 0 Å². The first-order valence-electron chi connectivity index (χ1n) is 5.60. The summed E-state index contributed by atoms with van der Waals surface area (Å²) in [6.45, 7) is 0. The van der Waals surface area contributed by atoms with E-state index in [2.05, 4.69) is 0 Å². The third-order valence-electron chi connectivity index (χ3n) is 2.50. The van der Waals surface area contributed by atoms with E-state index >= 15 is 0 Å². The molecular formula is C13H15ClO3. The van der Waals surface area contributed by atoms with Crippen LogP contribution >= 0.6 is 11.6 Å². The van der Waals surface area contributed by atoms with E-state index in [0.717, 1.165) is 24.3 Å². The standard InChI is InChI=1S/C13H15ClO3/c14-11-7-4-6-10(9-11)5-2-1-3-8-12(15)13(16)17/h4,6-7,9H,1-3,5,8H2,(H,16,17). The smallest absolute Gasteiger partial charge is 0.372 e. The Hall–Kier alpha value is -1.35. The summed E-state index contributed by atoms with van der Waals surface area (Å²) in [5.41, 5.74) is 1.17. The Kier molecular flexibility index (Phi) is 5.70. The molecule has 0 radical (unpaired) electrons. The SMILES string of the molecule is O=C(O)C(=O)CCCCCc1cccc(Cl)c1. The van der Waals surface area contributed by atoms with Crippen LogP contribution in [0, 0.1) is 0 Å². The number of halogens is 1. The molecule has 0 amide bonds. The van der Waals surface area contributed by atoms with E-state index in [1.165, 1.54) is 5.56 Å². The van der Waals surface area contributed by atoms with E-state index in [9.17, 15) is 9.59 Å². The molecule has 1 aromatic rings. The van der Waals surface area contributed by atoms with Crippen LogP contribution in [0.1, 0.15) is 31.2 Å². The quantitative estimate of drug-likeness (QED) is 0.601. The number of unbranched alkanes of at least 4 members (excludes halogenated alkanes) is 2. The van der Waals surface area contributed by atoms with Gasteiger partial charge in [-0.05, 0) is 37.0 Å². The highest BCUT2D eigenvalue weighted by Crippen LogP contribution is 2.13. The first-order chi connectivity index (χ1) is 8.09. The Morgan fingerprint density at radius 2 is 1.94 bits per heavy atom. The maximum atomic E-state index is 10.8. The van der Waals surface area contributed by atoms with Crippen LogP contribution in [0.4, 0.5) is 0 Å². The average molecular weight is 255 g/mol. The molecule has 92 valence electrons. The number of carbonyl (C=O) groups excluding carboxylic acids is 1. The Labute approximate surface area is 105 Å². The molecule has 0 saturated heterocycles. The van der Waals surface area contributed by atoms with E-state index < -0.39 is 11.8 Å². The normalized spacial score (nSPS) is 10.2. The van der Waals surface area contributed by atoms with Crippen LogP contribution in [0.15, 0.2) is 24.3 Å². The first-order valence-corrected chi connectivity index (χ1v) is 5.98. The highest BCUT2D eigenvalue weighted by molar-refractivity contribution is 6.32. The Morgan fingerprint density at radius 3 is 2.59 bits per heavy atom. The number of hydrogen-bond donors (Lipinski definition) is 1. The van der Waals surface area contributed by atoms with E-state index in [0.29, 0.717) is 6.42 Å². The molecule has 3 nitrogen and oxygen atoms in total. The number of carboxylic acids is 1.